The van der Waals surface area contributed by atoms with Crippen molar-refractivity contribution in [3.05, 3.63) is 35.9 Å². The molecule has 1 rings (SSSR count). The summed E-state index contributed by atoms with van der Waals surface area (Å²) in [6, 6.07) is 10.3. The molecule has 1 atom stereocenters. The third-order valence-electron chi connectivity index (χ3n) is 4.50. The van der Waals surface area contributed by atoms with Crippen LogP contribution < -0.4 is 0 Å². The van der Waals surface area contributed by atoms with Gasteiger partial charge in [0, 0.05) is 7.11 Å². The molecule has 0 N–H and O–H groups in total. The minimum atomic E-state index is -1.42. The molecule has 0 spiro atoms. The van der Waals surface area contributed by atoms with Crippen molar-refractivity contribution in [2.24, 2.45) is 0 Å². The molecule has 1 unspecified atom stereocenters. The second kappa shape index (κ2) is 10.8. The van der Waals surface area contributed by atoms with Gasteiger partial charge in [-0.25, -0.2) is 0 Å². The van der Waals surface area contributed by atoms with E-state index in [1.165, 1.54) is 31.2 Å². The van der Waals surface area contributed by atoms with Crippen molar-refractivity contribution in [3.63, 3.8) is 0 Å². The van der Waals surface area contributed by atoms with E-state index >= 15 is 0 Å². The standard InChI is InChI=1S/C19H29Cl3O/c1-3-4-5-6-7-11-15-18(23-2,19(20,21)22)16-14-17-12-9-8-10-13-17/h8-10,12-13H,3-7,11,14-16H2,1-2H3. The van der Waals surface area contributed by atoms with Gasteiger partial charge in [0.15, 0.2) is 0 Å². The summed E-state index contributed by atoms with van der Waals surface area (Å²) in [6.45, 7) is 2.22. The highest BCUT2D eigenvalue weighted by molar-refractivity contribution is 6.68. The van der Waals surface area contributed by atoms with E-state index in [0.29, 0.717) is 6.42 Å². The summed E-state index contributed by atoms with van der Waals surface area (Å²) in [5, 5.41) is 0. The van der Waals surface area contributed by atoms with E-state index in [4.69, 9.17) is 39.5 Å². The lowest BCUT2D eigenvalue weighted by Gasteiger charge is -2.39. The quantitative estimate of drug-likeness (QED) is 0.293. The van der Waals surface area contributed by atoms with Crippen LogP contribution in [0.2, 0.25) is 0 Å². The zero-order chi connectivity index (χ0) is 17.2. The van der Waals surface area contributed by atoms with Crippen molar-refractivity contribution >= 4 is 34.8 Å². The first-order valence-electron chi connectivity index (χ1n) is 8.61. The van der Waals surface area contributed by atoms with Crippen molar-refractivity contribution in [3.8, 4) is 0 Å². The lowest BCUT2D eigenvalue weighted by molar-refractivity contribution is -0.0229. The zero-order valence-electron chi connectivity index (χ0n) is 14.3. The molecule has 0 aromatic heterocycles. The maximum Gasteiger partial charge on any atom is 0.219 e. The SMILES string of the molecule is CCCCCCCCC(CCc1ccccc1)(OC)C(Cl)(Cl)Cl. The third-order valence-corrected chi connectivity index (χ3v) is 5.54. The highest BCUT2D eigenvalue weighted by Crippen LogP contribution is 2.46. The molecular formula is C19H29Cl3O. The van der Waals surface area contributed by atoms with Gasteiger partial charge in [-0.1, -0.05) is 111 Å². The first-order valence-corrected chi connectivity index (χ1v) is 9.74. The second-order valence-electron chi connectivity index (χ2n) is 6.20. The van der Waals surface area contributed by atoms with Crippen LogP contribution in [-0.2, 0) is 11.2 Å². The molecule has 0 saturated carbocycles. The van der Waals surface area contributed by atoms with E-state index in [1.54, 1.807) is 7.11 Å². The predicted octanol–water partition coefficient (Wildman–Crippen LogP) is 7.13. The van der Waals surface area contributed by atoms with Crippen LogP contribution >= 0.6 is 34.8 Å². The number of alkyl halides is 3. The van der Waals surface area contributed by atoms with E-state index in [-0.39, 0.29) is 0 Å². The molecule has 0 bridgehead atoms. The van der Waals surface area contributed by atoms with E-state index < -0.39 is 9.39 Å². The molecule has 0 fully saturated rings. The topological polar surface area (TPSA) is 9.23 Å². The van der Waals surface area contributed by atoms with Gasteiger partial charge < -0.3 is 4.74 Å². The Balaban J connectivity index is 2.59. The summed E-state index contributed by atoms with van der Waals surface area (Å²) >= 11 is 18.9. The average molecular weight is 380 g/mol. The number of hydrogen-bond donors (Lipinski definition) is 0. The van der Waals surface area contributed by atoms with Crippen LogP contribution in [0.3, 0.4) is 0 Å². The minimum absolute atomic E-state index is 0.707. The first kappa shape index (κ1) is 21.1. The smallest absolute Gasteiger partial charge is 0.219 e. The Bertz CT molecular complexity index is 416. The summed E-state index contributed by atoms with van der Waals surface area (Å²) in [7, 11) is 1.66. The van der Waals surface area contributed by atoms with E-state index in [9.17, 15) is 0 Å². The van der Waals surface area contributed by atoms with Crippen molar-refractivity contribution in [2.75, 3.05) is 7.11 Å². The monoisotopic (exact) mass is 378 g/mol. The maximum atomic E-state index is 6.29. The lowest BCUT2D eigenvalue weighted by Crippen LogP contribution is -2.45. The predicted molar refractivity (Wildman–Crippen MR) is 103 cm³/mol. The van der Waals surface area contributed by atoms with Crippen LogP contribution in [0.4, 0.5) is 0 Å². The molecule has 1 aromatic rings. The van der Waals surface area contributed by atoms with Gasteiger partial charge in [0.2, 0.25) is 3.79 Å². The molecule has 0 radical (unpaired) electrons. The average Bonchev–Trinajstić information content (AvgIpc) is 2.53. The molecule has 0 aliphatic rings. The molecule has 0 heterocycles. The Morgan fingerprint density at radius 1 is 0.870 bits per heavy atom. The van der Waals surface area contributed by atoms with E-state index in [1.807, 2.05) is 18.2 Å². The highest BCUT2D eigenvalue weighted by Gasteiger charge is 2.47. The largest absolute Gasteiger partial charge is 0.374 e. The summed E-state index contributed by atoms with van der Waals surface area (Å²) in [5.41, 5.74) is 0.518. The van der Waals surface area contributed by atoms with Gasteiger partial charge in [0.1, 0.15) is 5.60 Å². The number of halogens is 3. The van der Waals surface area contributed by atoms with Crippen LogP contribution in [0.5, 0.6) is 0 Å². The van der Waals surface area contributed by atoms with Crippen molar-refractivity contribution in [1.82, 2.24) is 0 Å². The van der Waals surface area contributed by atoms with Gasteiger partial charge in [-0.3, -0.25) is 0 Å². The Labute approximate surface area is 156 Å². The van der Waals surface area contributed by atoms with Crippen molar-refractivity contribution < 1.29 is 4.74 Å². The molecule has 132 valence electrons. The number of rotatable bonds is 11. The number of unbranched alkanes of at least 4 members (excludes halogenated alkanes) is 5. The van der Waals surface area contributed by atoms with Crippen molar-refractivity contribution in [1.29, 1.82) is 0 Å². The van der Waals surface area contributed by atoms with Crippen LogP contribution in [0, 0.1) is 0 Å². The van der Waals surface area contributed by atoms with Gasteiger partial charge in [-0.15, -0.1) is 0 Å². The Kier molecular flexibility index (Phi) is 9.92. The fourth-order valence-corrected chi connectivity index (χ4v) is 3.71. The number of hydrogen-bond acceptors (Lipinski definition) is 1. The number of aryl methyl sites for hydroxylation is 1. The maximum absolute atomic E-state index is 6.29. The molecule has 1 nitrogen and oxygen atoms in total. The Morgan fingerprint density at radius 2 is 1.48 bits per heavy atom. The molecule has 1 aromatic carbocycles. The highest BCUT2D eigenvalue weighted by atomic mass is 35.6. The van der Waals surface area contributed by atoms with Gasteiger partial charge in [-0.05, 0) is 24.8 Å². The molecule has 0 amide bonds. The zero-order valence-corrected chi connectivity index (χ0v) is 16.6. The fraction of sp³-hybridized carbons (Fsp3) is 0.684. The van der Waals surface area contributed by atoms with E-state index in [0.717, 1.165) is 25.7 Å². The fourth-order valence-electron chi connectivity index (χ4n) is 2.91. The number of benzene rings is 1. The van der Waals surface area contributed by atoms with E-state index in [2.05, 4.69) is 19.1 Å². The third kappa shape index (κ3) is 7.22. The van der Waals surface area contributed by atoms with Gasteiger partial charge >= 0.3 is 0 Å². The van der Waals surface area contributed by atoms with Crippen LogP contribution in [-0.4, -0.2) is 16.5 Å². The van der Waals surface area contributed by atoms with Gasteiger partial charge in [0.05, 0.1) is 0 Å². The molecule has 0 aliphatic carbocycles. The van der Waals surface area contributed by atoms with Gasteiger partial charge in [0.25, 0.3) is 0 Å². The lowest BCUT2D eigenvalue weighted by atomic mass is 9.90. The minimum Gasteiger partial charge on any atom is -0.374 e. The van der Waals surface area contributed by atoms with Crippen molar-refractivity contribution in [2.45, 2.75) is 74.1 Å². The number of ether oxygens (including phenoxy) is 1. The van der Waals surface area contributed by atoms with Gasteiger partial charge in [-0.2, -0.15) is 0 Å². The van der Waals surface area contributed by atoms with Crippen LogP contribution in [0.1, 0.15) is 63.9 Å². The summed E-state index contributed by atoms with van der Waals surface area (Å²) in [6.07, 6.45) is 9.61. The molecule has 4 heteroatoms. The Morgan fingerprint density at radius 3 is 2.04 bits per heavy atom. The normalized spacial score (nSPS) is 14.7. The molecular weight excluding hydrogens is 351 g/mol. The molecule has 0 aliphatic heterocycles. The molecule has 23 heavy (non-hydrogen) atoms. The first-order chi connectivity index (χ1) is 10.9. The van der Waals surface area contributed by atoms with Crippen LogP contribution in [0.15, 0.2) is 30.3 Å². The second-order valence-corrected chi connectivity index (χ2v) is 8.48. The number of methoxy groups -OCH3 is 1. The molecule has 0 saturated heterocycles. The Hall–Kier alpha value is 0.0500. The summed E-state index contributed by atoms with van der Waals surface area (Å²) in [4.78, 5) is 0. The summed E-state index contributed by atoms with van der Waals surface area (Å²) in [5.74, 6) is 0. The van der Waals surface area contributed by atoms with Crippen LogP contribution in [0.25, 0.3) is 0 Å². The summed E-state index contributed by atoms with van der Waals surface area (Å²) < 4.78 is 4.34.